The first-order valence-corrected chi connectivity index (χ1v) is 7.77. The molecule has 1 aliphatic heterocycles. The van der Waals surface area contributed by atoms with E-state index in [-0.39, 0.29) is 12.2 Å². The minimum atomic E-state index is -0.645. The van der Waals surface area contributed by atoms with E-state index in [1.807, 2.05) is 26.0 Å². The number of amides is 4. The zero-order valence-corrected chi connectivity index (χ0v) is 13.4. The number of hydrogen-bond donors (Lipinski definition) is 2. The molecule has 118 valence electrons. The third-order valence-corrected chi connectivity index (χ3v) is 4.25. The fraction of sp³-hybridized carbons (Fsp3) is 0.200. The molecule has 0 unspecified atom stereocenters. The molecule has 0 saturated carbocycles. The normalized spacial score (nSPS) is 14.1. The third-order valence-electron chi connectivity index (χ3n) is 3.38. The first-order chi connectivity index (χ1) is 10.9. The standard InChI is InChI=1S/C15H14N4O3S/c1-8-3-4-10(9(2)5-8)14-16-11(7-23-14)13(21)18-19-6-12(20)17-15(19)22/h3-5,7H,6H2,1-2H3,(H,18,21)(H,17,20,22). The van der Waals surface area contributed by atoms with Crippen molar-refractivity contribution in [2.24, 2.45) is 0 Å². The largest absolute Gasteiger partial charge is 0.343 e. The second-order valence-corrected chi connectivity index (χ2v) is 6.09. The van der Waals surface area contributed by atoms with Gasteiger partial charge in [-0.1, -0.05) is 23.8 Å². The summed E-state index contributed by atoms with van der Waals surface area (Å²) in [7, 11) is 0. The lowest BCUT2D eigenvalue weighted by Gasteiger charge is -2.13. The Morgan fingerprint density at radius 3 is 2.78 bits per heavy atom. The summed E-state index contributed by atoms with van der Waals surface area (Å²) in [6.07, 6.45) is 0. The molecule has 3 rings (SSSR count). The third kappa shape index (κ3) is 3.07. The van der Waals surface area contributed by atoms with Gasteiger partial charge in [-0.3, -0.25) is 20.3 Å². The summed E-state index contributed by atoms with van der Waals surface area (Å²) >= 11 is 1.35. The van der Waals surface area contributed by atoms with Gasteiger partial charge in [0.25, 0.3) is 5.91 Å². The van der Waals surface area contributed by atoms with Gasteiger partial charge in [0.05, 0.1) is 0 Å². The Morgan fingerprint density at radius 1 is 1.35 bits per heavy atom. The number of nitrogens with zero attached hydrogens (tertiary/aromatic N) is 2. The molecule has 2 N–H and O–H groups in total. The fourth-order valence-corrected chi connectivity index (χ4v) is 3.16. The van der Waals surface area contributed by atoms with Crippen molar-refractivity contribution in [3.8, 4) is 10.6 Å². The average Bonchev–Trinajstić information content (AvgIpc) is 3.06. The topological polar surface area (TPSA) is 91.4 Å². The molecule has 0 aliphatic carbocycles. The lowest BCUT2D eigenvalue weighted by atomic mass is 10.1. The first-order valence-electron chi connectivity index (χ1n) is 6.89. The highest BCUT2D eigenvalue weighted by atomic mass is 32.1. The molecule has 4 amide bonds. The summed E-state index contributed by atoms with van der Waals surface area (Å²) < 4.78 is 0. The Morgan fingerprint density at radius 2 is 2.13 bits per heavy atom. The van der Waals surface area contributed by atoms with Crippen LogP contribution in [0.15, 0.2) is 23.6 Å². The molecule has 0 spiro atoms. The van der Waals surface area contributed by atoms with Gasteiger partial charge in [0.15, 0.2) is 0 Å². The number of imide groups is 1. The molecule has 1 aliphatic rings. The monoisotopic (exact) mass is 330 g/mol. The smallest absolute Gasteiger partial charge is 0.275 e. The van der Waals surface area contributed by atoms with Gasteiger partial charge in [0.1, 0.15) is 17.2 Å². The van der Waals surface area contributed by atoms with Crippen molar-refractivity contribution in [1.29, 1.82) is 0 Å². The van der Waals surface area contributed by atoms with Crippen LogP contribution in [-0.4, -0.2) is 34.4 Å². The molecule has 0 bridgehead atoms. The number of hydrazine groups is 1. The number of thiazole rings is 1. The number of carbonyl (C=O) groups excluding carboxylic acids is 3. The molecule has 2 aromatic rings. The van der Waals surface area contributed by atoms with Crippen molar-refractivity contribution in [3.05, 3.63) is 40.4 Å². The Kier molecular flexibility index (Phi) is 3.83. The minimum absolute atomic E-state index is 0.196. The van der Waals surface area contributed by atoms with Crippen molar-refractivity contribution in [2.75, 3.05) is 6.54 Å². The Bertz CT molecular complexity index is 815. The molecule has 1 fully saturated rings. The Labute approximate surface area is 136 Å². The van der Waals surface area contributed by atoms with E-state index in [0.717, 1.165) is 26.7 Å². The van der Waals surface area contributed by atoms with Gasteiger partial charge < -0.3 is 0 Å². The van der Waals surface area contributed by atoms with Crippen molar-refractivity contribution in [1.82, 2.24) is 20.7 Å². The molecule has 1 aromatic carbocycles. The molecule has 1 saturated heterocycles. The van der Waals surface area contributed by atoms with Crippen molar-refractivity contribution < 1.29 is 14.4 Å². The van der Waals surface area contributed by atoms with Crippen LogP contribution in [0.5, 0.6) is 0 Å². The highest BCUT2D eigenvalue weighted by Gasteiger charge is 2.29. The second kappa shape index (κ2) is 5.81. The molecule has 23 heavy (non-hydrogen) atoms. The maximum absolute atomic E-state index is 12.1. The number of carbonyl (C=O) groups is 3. The van der Waals surface area contributed by atoms with Crippen LogP contribution < -0.4 is 10.7 Å². The van der Waals surface area contributed by atoms with E-state index in [4.69, 9.17) is 0 Å². The van der Waals surface area contributed by atoms with Crippen LogP contribution in [0, 0.1) is 13.8 Å². The molecule has 8 heteroatoms. The predicted octanol–water partition coefficient (Wildman–Crippen LogP) is 1.62. The fourth-order valence-electron chi connectivity index (χ4n) is 2.27. The van der Waals surface area contributed by atoms with E-state index < -0.39 is 17.8 Å². The number of aromatic nitrogens is 1. The van der Waals surface area contributed by atoms with E-state index in [9.17, 15) is 14.4 Å². The summed E-state index contributed by atoms with van der Waals surface area (Å²) in [6, 6.07) is 5.37. The molecule has 1 aromatic heterocycles. The Hall–Kier alpha value is -2.74. The van der Waals surface area contributed by atoms with Gasteiger partial charge in [-0.15, -0.1) is 11.3 Å². The highest BCUT2D eigenvalue weighted by Crippen LogP contribution is 2.27. The molecule has 0 radical (unpaired) electrons. The zero-order chi connectivity index (χ0) is 16.6. The van der Waals surface area contributed by atoms with E-state index in [1.165, 1.54) is 11.3 Å². The molecule has 2 heterocycles. The highest BCUT2D eigenvalue weighted by molar-refractivity contribution is 7.13. The van der Waals surface area contributed by atoms with Gasteiger partial charge in [0.2, 0.25) is 5.91 Å². The summed E-state index contributed by atoms with van der Waals surface area (Å²) in [5, 5.41) is 5.37. The van der Waals surface area contributed by atoms with Gasteiger partial charge >= 0.3 is 6.03 Å². The zero-order valence-electron chi connectivity index (χ0n) is 12.5. The number of urea groups is 1. The van der Waals surface area contributed by atoms with Gasteiger partial charge in [-0.05, 0) is 19.4 Å². The van der Waals surface area contributed by atoms with Gasteiger partial charge in [-0.25, -0.2) is 14.8 Å². The van der Waals surface area contributed by atoms with Gasteiger partial charge in [0, 0.05) is 10.9 Å². The summed E-state index contributed by atoms with van der Waals surface area (Å²) in [4.78, 5) is 39.0. The minimum Gasteiger partial charge on any atom is -0.275 e. The summed E-state index contributed by atoms with van der Waals surface area (Å²) in [6.45, 7) is 3.81. The van der Waals surface area contributed by atoms with Crippen LogP contribution in [-0.2, 0) is 4.79 Å². The molecular formula is C15H14N4O3S. The van der Waals surface area contributed by atoms with Crippen LogP contribution in [0.25, 0.3) is 10.6 Å². The summed E-state index contributed by atoms with van der Waals surface area (Å²) in [5.74, 6) is -0.980. The lowest BCUT2D eigenvalue weighted by molar-refractivity contribution is -0.118. The van der Waals surface area contributed by atoms with E-state index in [1.54, 1.807) is 5.38 Å². The number of aryl methyl sites for hydroxylation is 2. The lowest BCUT2D eigenvalue weighted by Crippen LogP contribution is -2.44. The number of rotatable bonds is 3. The summed E-state index contributed by atoms with van der Waals surface area (Å²) in [5.41, 5.74) is 5.78. The maximum atomic E-state index is 12.1. The Balaban J connectivity index is 1.77. The number of hydrogen-bond acceptors (Lipinski definition) is 5. The van der Waals surface area contributed by atoms with Crippen molar-refractivity contribution in [3.63, 3.8) is 0 Å². The second-order valence-electron chi connectivity index (χ2n) is 5.24. The van der Waals surface area contributed by atoms with Crippen LogP contribution in [0.1, 0.15) is 21.6 Å². The van der Waals surface area contributed by atoms with Crippen LogP contribution in [0.3, 0.4) is 0 Å². The number of benzene rings is 1. The maximum Gasteiger partial charge on any atom is 0.343 e. The van der Waals surface area contributed by atoms with Crippen LogP contribution >= 0.6 is 11.3 Å². The van der Waals surface area contributed by atoms with Crippen LogP contribution in [0.4, 0.5) is 4.79 Å². The molecule has 0 atom stereocenters. The SMILES string of the molecule is Cc1ccc(-c2nc(C(=O)NN3CC(=O)NC3=O)cs2)c(C)c1. The first kappa shape index (κ1) is 15.2. The van der Waals surface area contributed by atoms with Crippen molar-refractivity contribution >= 4 is 29.2 Å². The predicted molar refractivity (Wildman–Crippen MR) is 84.7 cm³/mol. The van der Waals surface area contributed by atoms with Gasteiger partial charge in [-0.2, -0.15) is 0 Å². The molecular weight excluding hydrogens is 316 g/mol. The quantitative estimate of drug-likeness (QED) is 0.837. The molecule has 7 nitrogen and oxygen atoms in total. The van der Waals surface area contributed by atoms with E-state index in [0.29, 0.717) is 0 Å². The number of nitrogens with one attached hydrogen (secondary N) is 2. The van der Waals surface area contributed by atoms with E-state index in [2.05, 4.69) is 21.8 Å². The van der Waals surface area contributed by atoms with E-state index >= 15 is 0 Å². The average molecular weight is 330 g/mol. The van der Waals surface area contributed by atoms with Crippen LogP contribution in [0.2, 0.25) is 0 Å². The van der Waals surface area contributed by atoms with Crippen molar-refractivity contribution in [2.45, 2.75) is 13.8 Å².